The Labute approximate surface area is 134 Å². The van der Waals surface area contributed by atoms with Gasteiger partial charge in [-0.05, 0) is 37.2 Å². The van der Waals surface area contributed by atoms with Gasteiger partial charge in [-0.15, -0.1) is 0 Å². The molecule has 2 aromatic heterocycles. The van der Waals surface area contributed by atoms with Gasteiger partial charge in [0.2, 0.25) is 0 Å². The van der Waals surface area contributed by atoms with Gasteiger partial charge >= 0.3 is 0 Å². The SMILES string of the molecule is c1cnc2ccc(Nc3cncc(N[C@H]4CCNC4)n3)cc2c1. The topological polar surface area (TPSA) is 74.8 Å². The lowest BCUT2D eigenvalue weighted by Gasteiger charge is -2.13. The molecule has 23 heavy (non-hydrogen) atoms. The van der Waals surface area contributed by atoms with E-state index in [0.29, 0.717) is 6.04 Å². The molecule has 0 bridgehead atoms. The van der Waals surface area contributed by atoms with Gasteiger partial charge in [-0.2, -0.15) is 0 Å². The van der Waals surface area contributed by atoms with Crippen LogP contribution in [0.2, 0.25) is 0 Å². The van der Waals surface area contributed by atoms with Crippen molar-refractivity contribution in [3.8, 4) is 0 Å². The van der Waals surface area contributed by atoms with Gasteiger partial charge in [0.05, 0.1) is 17.9 Å². The van der Waals surface area contributed by atoms with Crippen LogP contribution in [0, 0.1) is 0 Å². The smallest absolute Gasteiger partial charge is 0.151 e. The van der Waals surface area contributed by atoms with Gasteiger partial charge < -0.3 is 16.0 Å². The third-order valence-electron chi connectivity index (χ3n) is 3.92. The van der Waals surface area contributed by atoms with E-state index in [-0.39, 0.29) is 0 Å². The average Bonchev–Trinajstić information content (AvgIpc) is 3.08. The lowest BCUT2D eigenvalue weighted by Crippen LogP contribution is -2.22. The zero-order valence-electron chi connectivity index (χ0n) is 12.7. The van der Waals surface area contributed by atoms with Crippen LogP contribution in [0.15, 0.2) is 48.9 Å². The molecule has 1 aliphatic rings. The average molecular weight is 306 g/mol. The highest BCUT2D eigenvalue weighted by molar-refractivity contribution is 5.83. The molecule has 4 rings (SSSR count). The van der Waals surface area contributed by atoms with Crippen molar-refractivity contribution < 1.29 is 0 Å². The van der Waals surface area contributed by atoms with Gasteiger partial charge in [-0.25, -0.2) is 4.98 Å². The second kappa shape index (κ2) is 6.18. The molecule has 6 nitrogen and oxygen atoms in total. The molecule has 0 spiro atoms. The molecule has 3 heterocycles. The molecule has 0 radical (unpaired) electrons. The third kappa shape index (κ3) is 3.22. The first kappa shape index (κ1) is 13.9. The minimum atomic E-state index is 0.422. The standard InChI is InChI=1S/C17H18N6/c1-2-12-8-13(3-4-15(12)20-6-1)21-16-10-19-11-17(23-16)22-14-5-7-18-9-14/h1-4,6,8,10-11,14,18H,5,7,9H2,(H2,21,22,23)/t14-/m0/s1. The van der Waals surface area contributed by atoms with Crippen molar-refractivity contribution in [3.63, 3.8) is 0 Å². The largest absolute Gasteiger partial charge is 0.365 e. The van der Waals surface area contributed by atoms with Gasteiger partial charge in [-0.3, -0.25) is 9.97 Å². The molecule has 0 saturated carbocycles. The highest BCUT2D eigenvalue weighted by Crippen LogP contribution is 2.20. The molecule has 1 saturated heterocycles. The lowest BCUT2D eigenvalue weighted by molar-refractivity contribution is 0.787. The van der Waals surface area contributed by atoms with Gasteiger partial charge in [0.15, 0.2) is 5.82 Å². The second-order valence-electron chi connectivity index (χ2n) is 5.66. The third-order valence-corrected chi connectivity index (χ3v) is 3.92. The maximum atomic E-state index is 4.58. The highest BCUT2D eigenvalue weighted by atomic mass is 15.1. The van der Waals surface area contributed by atoms with Crippen LogP contribution in [0.3, 0.4) is 0 Å². The molecular weight excluding hydrogens is 288 g/mol. The van der Waals surface area contributed by atoms with Crippen LogP contribution >= 0.6 is 0 Å². The summed E-state index contributed by atoms with van der Waals surface area (Å²) in [5.74, 6) is 1.52. The second-order valence-corrected chi connectivity index (χ2v) is 5.66. The minimum absolute atomic E-state index is 0.422. The van der Waals surface area contributed by atoms with Crippen molar-refractivity contribution in [3.05, 3.63) is 48.9 Å². The van der Waals surface area contributed by atoms with E-state index < -0.39 is 0 Å². The van der Waals surface area contributed by atoms with E-state index in [4.69, 9.17) is 0 Å². The maximum Gasteiger partial charge on any atom is 0.151 e. The summed E-state index contributed by atoms with van der Waals surface area (Å²) in [5, 5.41) is 11.1. The molecule has 3 N–H and O–H groups in total. The number of hydrogen-bond acceptors (Lipinski definition) is 6. The van der Waals surface area contributed by atoms with Gasteiger partial charge in [0, 0.05) is 29.9 Å². The summed E-state index contributed by atoms with van der Waals surface area (Å²) >= 11 is 0. The van der Waals surface area contributed by atoms with E-state index in [1.807, 2.05) is 24.3 Å². The Morgan fingerprint density at radius 3 is 3.00 bits per heavy atom. The normalized spacial score (nSPS) is 17.3. The Kier molecular flexibility index (Phi) is 3.73. The first-order valence-electron chi connectivity index (χ1n) is 7.78. The first-order chi connectivity index (χ1) is 11.4. The van der Waals surface area contributed by atoms with Crippen molar-refractivity contribution in [2.45, 2.75) is 12.5 Å². The van der Waals surface area contributed by atoms with Crippen LogP contribution < -0.4 is 16.0 Å². The Morgan fingerprint density at radius 2 is 2.09 bits per heavy atom. The number of nitrogens with zero attached hydrogens (tertiary/aromatic N) is 3. The summed E-state index contributed by atoms with van der Waals surface area (Å²) in [6.45, 7) is 2.02. The molecule has 1 atom stereocenters. The maximum absolute atomic E-state index is 4.58. The van der Waals surface area contributed by atoms with Crippen LogP contribution in [-0.2, 0) is 0 Å². The number of pyridine rings is 1. The van der Waals surface area contributed by atoms with Crippen LogP contribution in [0.5, 0.6) is 0 Å². The fourth-order valence-corrected chi connectivity index (χ4v) is 2.78. The quantitative estimate of drug-likeness (QED) is 0.688. The number of benzene rings is 1. The molecule has 6 heteroatoms. The summed E-state index contributed by atoms with van der Waals surface area (Å²) in [5.41, 5.74) is 1.95. The summed E-state index contributed by atoms with van der Waals surface area (Å²) in [4.78, 5) is 13.2. The van der Waals surface area contributed by atoms with Crippen LogP contribution in [0.1, 0.15) is 6.42 Å². The number of nitrogens with one attached hydrogen (secondary N) is 3. The van der Waals surface area contributed by atoms with E-state index in [0.717, 1.165) is 47.7 Å². The Bertz CT molecular complexity index is 813. The summed E-state index contributed by atoms with van der Waals surface area (Å²) in [7, 11) is 0. The summed E-state index contributed by atoms with van der Waals surface area (Å²) in [6.07, 6.45) is 6.39. The fourth-order valence-electron chi connectivity index (χ4n) is 2.78. The van der Waals surface area contributed by atoms with Crippen LogP contribution in [-0.4, -0.2) is 34.1 Å². The van der Waals surface area contributed by atoms with Crippen molar-refractivity contribution in [2.75, 3.05) is 23.7 Å². The molecular formula is C17H18N6. The van der Waals surface area contributed by atoms with Gasteiger partial charge in [-0.1, -0.05) is 6.07 Å². The highest BCUT2D eigenvalue weighted by Gasteiger charge is 2.14. The Balaban J connectivity index is 1.52. The van der Waals surface area contributed by atoms with Crippen LogP contribution in [0.4, 0.5) is 17.3 Å². The molecule has 0 unspecified atom stereocenters. The number of rotatable bonds is 4. The van der Waals surface area contributed by atoms with Crippen molar-refractivity contribution in [1.82, 2.24) is 20.3 Å². The zero-order chi connectivity index (χ0) is 15.5. The zero-order valence-corrected chi connectivity index (χ0v) is 12.7. The molecule has 3 aromatic rings. The summed E-state index contributed by atoms with van der Waals surface area (Å²) in [6, 6.07) is 10.5. The van der Waals surface area contributed by atoms with E-state index >= 15 is 0 Å². The predicted octanol–water partition coefficient (Wildman–Crippen LogP) is 2.54. The number of anilines is 3. The fraction of sp³-hybridized carbons (Fsp3) is 0.235. The number of hydrogen-bond donors (Lipinski definition) is 3. The molecule has 0 amide bonds. The van der Waals surface area contributed by atoms with E-state index in [1.54, 1.807) is 18.6 Å². The molecule has 0 aliphatic carbocycles. The number of aromatic nitrogens is 3. The Morgan fingerprint density at radius 1 is 1.13 bits per heavy atom. The van der Waals surface area contributed by atoms with Crippen LogP contribution in [0.25, 0.3) is 10.9 Å². The van der Waals surface area contributed by atoms with E-state index in [2.05, 4.69) is 37.0 Å². The lowest BCUT2D eigenvalue weighted by atomic mass is 10.2. The van der Waals surface area contributed by atoms with E-state index in [1.165, 1.54) is 0 Å². The molecule has 1 aliphatic heterocycles. The monoisotopic (exact) mass is 306 g/mol. The summed E-state index contributed by atoms with van der Waals surface area (Å²) < 4.78 is 0. The van der Waals surface area contributed by atoms with Crippen molar-refractivity contribution >= 4 is 28.2 Å². The van der Waals surface area contributed by atoms with Gasteiger partial charge in [0.1, 0.15) is 5.82 Å². The predicted molar refractivity (Wildman–Crippen MR) is 92.0 cm³/mol. The molecule has 1 fully saturated rings. The number of fused-ring (bicyclic) bond motifs is 1. The van der Waals surface area contributed by atoms with Crippen molar-refractivity contribution in [2.24, 2.45) is 0 Å². The van der Waals surface area contributed by atoms with Crippen molar-refractivity contribution in [1.29, 1.82) is 0 Å². The Hall–Kier alpha value is -2.73. The molecule has 116 valence electrons. The minimum Gasteiger partial charge on any atom is -0.365 e. The molecule has 1 aromatic carbocycles. The first-order valence-corrected chi connectivity index (χ1v) is 7.78. The van der Waals surface area contributed by atoms with E-state index in [9.17, 15) is 0 Å². The van der Waals surface area contributed by atoms with Gasteiger partial charge in [0.25, 0.3) is 0 Å².